The Labute approximate surface area is 604 Å². The number of carboxylic acid groups (broad SMARTS) is 4. The molecule has 4 heterocycles. The normalized spacial score (nSPS) is 21.5. The molecule has 0 bridgehead atoms. The third kappa shape index (κ3) is 13.5. The maximum Gasteiger partial charge on any atom is 0.339 e. The predicted molar refractivity (Wildman–Crippen MR) is 406 cm³/mol. The summed E-state index contributed by atoms with van der Waals surface area (Å²) in [7, 11) is 0. The highest BCUT2D eigenvalue weighted by Crippen LogP contribution is 2.60. The molecule has 0 atom stereocenters. The quantitative estimate of drug-likeness (QED) is 0.0321. The molecule has 14 nitrogen and oxygen atoms in total. The number of likely N-dealkylation sites (tertiary alicyclic amines) is 4. The second-order valence-electron chi connectivity index (χ2n) is 31.4. The van der Waals surface area contributed by atoms with Crippen LogP contribution in [0.1, 0.15) is 287 Å². The summed E-state index contributed by atoms with van der Waals surface area (Å²) in [6.45, 7) is 37.5. The molecule has 554 valence electrons. The van der Waals surface area contributed by atoms with Gasteiger partial charge in [-0.15, -0.1) is 0 Å². The Morgan fingerprint density at radius 3 is 0.520 bits per heavy atom. The lowest BCUT2D eigenvalue weighted by Gasteiger charge is -2.69. The smallest absolute Gasteiger partial charge is 0.339 e. The molecule has 0 aliphatic carbocycles. The highest BCUT2D eigenvalue weighted by Gasteiger charge is 2.82. The molecule has 100 heavy (non-hydrogen) atoms. The van der Waals surface area contributed by atoms with Crippen molar-refractivity contribution in [1.82, 2.24) is 29.4 Å². The molecule has 4 fully saturated rings. The average Bonchev–Trinajstić information content (AvgIpc) is 0.674. The second-order valence-corrected chi connectivity index (χ2v) is 31.4. The van der Waals surface area contributed by atoms with Crippen LogP contribution in [0.2, 0.25) is 0 Å². The summed E-state index contributed by atoms with van der Waals surface area (Å²) < 4.78 is 0. The topological polar surface area (TPSA) is 169 Å². The van der Waals surface area contributed by atoms with Crippen molar-refractivity contribution in [2.24, 2.45) is 0 Å². The van der Waals surface area contributed by atoms with E-state index in [1.165, 1.54) is 0 Å². The third-order valence-corrected chi connectivity index (χ3v) is 28.9. The fraction of sp³-hybridized carbons (Fsp3) is 0.674. The first-order valence-corrected chi connectivity index (χ1v) is 39.6. The molecule has 14 heteroatoms. The molecule has 0 spiro atoms. The van der Waals surface area contributed by atoms with Crippen LogP contribution < -0.4 is 0 Å². The zero-order chi connectivity index (χ0) is 73.3. The Balaban J connectivity index is 1.58. The number of nitrogens with zero attached hydrogens (tertiary/aromatic N) is 6. The molecule has 4 saturated heterocycles. The zero-order valence-electron chi connectivity index (χ0n) is 64.8. The van der Waals surface area contributed by atoms with E-state index in [-0.39, 0.29) is 51.4 Å². The van der Waals surface area contributed by atoms with Gasteiger partial charge in [0.1, 0.15) is 0 Å². The molecular weight excluding hydrogens is 1240 g/mol. The summed E-state index contributed by atoms with van der Waals surface area (Å²) in [5.74, 6) is -7.74. The van der Waals surface area contributed by atoms with Crippen molar-refractivity contribution in [3.8, 4) is 0 Å². The van der Waals surface area contributed by atoms with Gasteiger partial charge in [-0.2, -0.15) is 0 Å². The molecule has 8 rings (SSSR count). The third-order valence-electron chi connectivity index (χ3n) is 28.9. The number of hydrogen-bond donors (Lipinski definition) is 4. The molecule has 0 radical (unpaired) electrons. The number of carbonyl (C=O) groups is 4. The van der Waals surface area contributed by atoms with Gasteiger partial charge >= 0.3 is 23.9 Å². The molecule has 0 saturated carbocycles. The van der Waals surface area contributed by atoms with Crippen LogP contribution in [-0.2, 0) is 45.4 Å². The van der Waals surface area contributed by atoms with Crippen molar-refractivity contribution >= 4 is 23.9 Å². The minimum absolute atomic E-state index is 0.288. The van der Waals surface area contributed by atoms with E-state index < -0.39 is 103 Å². The van der Waals surface area contributed by atoms with Crippen LogP contribution >= 0.6 is 0 Å². The summed E-state index contributed by atoms with van der Waals surface area (Å²) in [5, 5.41) is 55.0. The van der Waals surface area contributed by atoms with Crippen LogP contribution in [-0.4, -0.2) is 153 Å². The Kier molecular flexibility index (Phi) is 26.2. The fourth-order valence-electron chi connectivity index (χ4n) is 22.6. The number of piperidine rings is 4. The van der Waals surface area contributed by atoms with Crippen LogP contribution in [0.5, 0.6) is 0 Å². The first-order chi connectivity index (χ1) is 47.8. The molecule has 4 N–H and O–H groups in total. The molecule has 0 aromatic heterocycles. The minimum atomic E-state index is -3.67. The maximum absolute atomic E-state index is 17.0. The minimum Gasteiger partial charge on any atom is -0.479 e. The van der Waals surface area contributed by atoms with E-state index in [4.69, 9.17) is 0 Å². The number of rotatable bonds is 35. The number of carboxylic acids is 4. The first kappa shape index (κ1) is 80.2. The second kappa shape index (κ2) is 32.7. The molecule has 4 aliphatic rings. The Bertz CT molecular complexity index is 2750. The SMILES string of the molecule is CCC1(CC)CC(N(C2CC(CC)(CC)N(Cc3ccccc3)C(CC)(CC)C2)C(C(=O)O)(C(=O)O)C(C(=O)O)(C(=O)O)N(C2CC(CC)(CC)N(Cc3ccccc3)C(CC)(CC)C2)C2CC(CC)(CC)N(Cc3ccccc3)C(CC)(CC)C2)CC(CC)(CC)N1Cc1ccccc1. The highest BCUT2D eigenvalue weighted by molar-refractivity contribution is 6.20. The summed E-state index contributed by atoms with van der Waals surface area (Å²) in [5.41, 5.74) is -8.28. The zero-order valence-corrected chi connectivity index (χ0v) is 64.8. The summed E-state index contributed by atoms with van der Waals surface area (Å²) in [4.78, 5) is 82.1. The van der Waals surface area contributed by atoms with Crippen LogP contribution in [0.25, 0.3) is 0 Å². The molecule has 4 aliphatic heterocycles. The molecule has 0 amide bonds. The highest BCUT2D eigenvalue weighted by atomic mass is 16.4. The lowest BCUT2D eigenvalue weighted by Crippen LogP contribution is -2.89. The van der Waals surface area contributed by atoms with E-state index in [9.17, 15) is 20.4 Å². The van der Waals surface area contributed by atoms with E-state index in [0.29, 0.717) is 129 Å². The Morgan fingerprint density at radius 1 is 0.280 bits per heavy atom. The monoisotopic (exact) mass is 1380 g/mol. The van der Waals surface area contributed by atoms with Crippen LogP contribution in [0.4, 0.5) is 0 Å². The van der Waals surface area contributed by atoms with Crippen LogP contribution in [0, 0.1) is 0 Å². The van der Waals surface area contributed by atoms with Crippen LogP contribution in [0.15, 0.2) is 121 Å². The summed E-state index contributed by atoms with van der Waals surface area (Å²) in [6.07, 6.45) is 12.4. The molecule has 4 aromatic rings. The van der Waals surface area contributed by atoms with Crippen molar-refractivity contribution < 1.29 is 39.6 Å². The van der Waals surface area contributed by atoms with Crippen molar-refractivity contribution in [2.45, 2.75) is 371 Å². The van der Waals surface area contributed by atoms with E-state index in [1.807, 2.05) is 24.3 Å². The van der Waals surface area contributed by atoms with Gasteiger partial charge in [-0.1, -0.05) is 232 Å². The Morgan fingerprint density at radius 2 is 0.410 bits per heavy atom. The van der Waals surface area contributed by atoms with Crippen molar-refractivity contribution in [1.29, 1.82) is 0 Å². The Hall–Kier alpha value is -5.48. The van der Waals surface area contributed by atoms with Gasteiger partial charge in [0, 0.05) is 94.7 Å². The largest absolute Gasteiger partial charge is 0.479 e. The molecule has 4 aromatic carbocycles. The van der Waals surface area contributed by atoms with Gasteiger partial charge < -0.3 is 20.4 Å². The van der Waals surface area contributed by atoms with E-state index in [2.05, 4.69) is 227 Å². The summed E-state index contributed by atoms with van der Waals surface area (Å²) >= 11 is 0. The van der Waals surface area contributed by atoms with Gasteiger partial charge in [-0.3, -0.25) is 29.4 Å². The number of hydrogen-bond acceptors (Lipinski definition) is 10. The van der Waals surface area contributed by atoms with Crippen molar-refractivity contribution in [3.63, 3.8) is 0 Å². The average molecular weight is 1380 g/mol. The van der Waals surface area contributed by atoms with Gasteiger partial charge in [0.25, 0.3) is 11.1 Å². The number of aliphatic carboxylic acids is 4. The predicted octanol–water partition coefficient (Wildman–Crippen LogP) is 18.5. The van der Waals surface area contributed by atoms with Crippen molar-refractivity contribution in [3.05, 3.63) is 144 Å². The van der Waals surface area contributed by atoms with Gasteiger partial charge in [0.05, 0.1) is 0 Å². The fourth-order valence-corrected chi connectivity index (χ4v) is 22.6. The molecule has 0 unspecified atom stereocenters. The molecular formula is C86H132N6O8. The standard InChI is InChI=1S/C86H132N6O8/c1-17-77(18-2)53-69(54-78(19-3,20-4)87(77)61-65-45-37-33-38-46-65)91(70-55-79(21-5,22-6)88(80(23-7,24-8)56-70)62-66-47-39-34-40-48-66)85(73(93)94,74(95)96)86(75(97)98,76(99)100)92(71-57-81(25-9,26-10)89(82(27-11,28-12)58-71)63-67-49-41-35-42-50-67)72-59-83(29-13,30-14)90(84(31-15,32-16)60-72)64-68-51-43-36-44-52-68/h33-52,69-72H,17-32,53-64H2,1-16H3,(H,93,94)(H,95,96)(H,97,98)(H,99,100). The lowest BCUT2D eigenvalue weighted by atomic mass is 9.60. The van der Waals surface area contributed by atoms with E-state index in [0.717, 1.165) is 22.3 Å². The lowest BCUT2D eigenvalue weighted by molar-refractivity contribution is -0.237. The van der Waals surface area contributed by atoms with E-state index in [1.54, 1.807) is 9.80 Å². The van der Waals surface area contributed by atoms with Gasteiger partial charge in [-0.25, -0.2) is 19.2 Å². The van der Waals surface area contributed by atoms with E-state index >= 15 is 19.2 Å². The maximum atomic E-state index is 17.0. The van der Waals surface area contributed by atoms with Gasteiger partial charge in [0.2, 0.25) is 0 Å². The summed E-state index contributed by atoms with van der Waals surface area (Å²) in [6, 6.07) is 38.2. The first-order valence-electron chi connectivity index (χ1n) is 39.6. The van der Waals surface area contributed by atoms with Crippen molar-refractivity contribution in [2.75, 3.05) is 0 Å². The van der Waals surface area contributed by atoms with Crippen LogP contribution in [0.3, 0.4) is 0 Å². The van der Waals surface area contributed by atoms with Gasteiger partial charge in [0.15, 0.2) is 0 Å². The van der Waals surface area contributed by atoms with Gasteiger partial charge in [-0.05, 0) is 176 Å². The number of benzene rings is 4.